The summed E-state index contributed by atoms with van der Waals surface area (Å²) in [4.78, 5) is 13.5. The monoisotopic (exact) mass is 257 g/mol. The van der Waals surface area contributed by atoms with Gasteiger partial charge in [0.25, 0.3) is 0 Å². The lowest BCUT2D eigenvalue weighted by Crippen LogP contribution is -2.30. The Morgan fingerprint density at radius 2 is 1.89 bits per heavy atom. The van der Waals surface area contributed by atoms with Crippen LogP contribution < -0.4 is 11.1 Å². The predicted molar refractivity (Wildman–Crippen MR) is 70.7 cm³/mol. The number of nitrogens with two attached hydrogens (primary N) is 1. The van der Waals surface area contributed by atoms with E-state index >= 15 is 0 Å². The molecule has 1 saturated carbocycles. The minimum absolute atomic E-state index is 0.0139. The molecule has 0 bridgehead atoms. The molecule has 3 rings (SSSR count). The SMILES string of the molecule is NCC1(C(=O)Nc2ccc(-n3nccn3)cc2)CC1. The third-order valence-electron chi connectivity index (χ3n) is 3.50. The molecular formula is C13H15N5O. The fraction of sp³-hybridized carbons (Fsp3) is 0.308. The second kappa shape index (κ2) is 4.47. The normalized spacial score (nSPS) is 16.1. The number of aromatic nitrogens is 3. The Bertz CT molecular complexity index is 572. The second-order valence-electron chi connectivity index (χ2n) is 4.80. The van der Waals surface area contributed by atoms with Gasteiger partial charge in [-0.3, -0.25) is 4.79 Å². The van der Waals surface area contributed by atoms with Gasteiger partial charge >= 0.3 is 0 Å². The van der Waals surface area contributed by atoms with E-state index in [9.17, 15) is 4.79 Å². The number of hydrogen-bond acceptors (Lipinski definition) is 4. The van der Waals surface area contributed by atoms with Crippen molar-refractivity contribution in [3.8, 4) is 5.69 Å². The number of carbonyl (C=O) groups is 1. The molecule has 2 aromatic rings. The Balaban J connectivity index is 1.71. The van der Waals surface area contributed by atoms with Crippen molar-refractivity contribution in [2.75, 3.05) is 11.9 Å². The highest BCUT2D eigenvalue weighted by atomic mass is 16.2. The molecule has 0 unspecified atom stereocenters. The maximum atomic E-state index is 12.0. The first-order valence-electron chi connectivity index (χ1n) is 6.22. The van der Waals surface area contributed by atoms with Crippen molar-refractivity contribution in [1.29, 1.82) is 0 Å². The molecule has 6 heteroatoms. The lowest BCUT2D eigenvalue weighted by atomic mass is 10.1. The van der Waals surface area contributed by atoms with Crippen LogP contribution in [0.4, 0.5) is 5.69 Å². The van der Waals surface area contributed by atoms with Crippen LogP contribution in [-0.2, 0) is 4.79 Å². The molecule has 0 atom stereocenters. The van der Waals surface area contributed by atoms with E-state index in [0.717, 1.165) is 24.2 Å². The van der Waals surface area contributed by atoms with Crippen molar-refractivity contribution < 1.29 is 4.79 Å². The largest absolute Gasteiger partial charge is 0.329 e. The standard InChI is InChI=1S/C13H15N5O/c14-9-13(5-6-13)12(19)17-10-1-3-11(4-2-10)18-15-7-8-16-18/h1-4,7-8H,5-6,9,14H2,(H,17,19). The van der Waals surface area contributed by atoms with Crippen molar-refractivity contribution in [3.63, 3.8) is 0 Å². The van der Waals surface area contributed by atoms with Gasteiger partial charge in [0, 0.05) is 12.2 Å². The summed E-state index contributed by atoms with van der Waals surface area (Å²) in [5, 5.41) is 11.0. The summed E-state index contributed by atoms with van der Waals surface area (Å²) in [6.45, 7) is 0.411. The highest BCUT2D eigenvalue weighted by Crippen LogP contribution is 2.45. The number of hydrogen-bond donors (Lipinski definition) is 2. The first-order chi connectivity index (χ1) is 9.23. The van der Waals surface area contributed by atoms with E-state index in [2.05, 4.69) is 15.5 Å². The van der Waals surface area contributed by atoms with Gasteiger partial charge in [0.05, 0.1) is 23.5 Å². The molecule has 1 amide bonds. The van der Waals surface area contributed by atoms with Crippen LogP contribution in [0.15, 0.2) is 36.7 Å². The average Bonchev–Trinajstić information content (AvgIpc) is 3.06. The molecule has 3 N–H and O–H groups in total. The summed E-state index contributed by atoms with van der Waals surface area (Å²) in [6, 6.07) is 7.39. The minimum atomic E-state index is -0.331. The van der Waals surface area contributed by atoms with Gasteiger partial charge in [-0.15, -0.1) is 0 Å². The van der Waals surface area contributed by atoms with Crippen LogP contribution in [0, 0.1) is 5.41 Å². The van der Waals surface area contributed by atoms with Gasteiger partial charge in [0.1, 0.15) is 0 Å². The molecule has 1 aliphatic carbocycles. The van der Waals surface area contributed by atoms with Crippen LogP contribution in [0.25, 0.3) is 5.69 Å². The highest BCUT2D eigenvalue weighted by molar-refractivity contribution is 5.97. The first kappa shape index (κ1) is 11.9. The topological polar surface area (TPSA) is 85.8 Å². The van der Waals surface area contributed by atoms with Crippen molar-refractivity contribution in [2.24, 2.45) is 11.1 Å². The van der Waals surface area contributed by atoms with Gasteiger partial charge in [0.15, 0.2) is 0 Å². The Morgan fingerprint density at radius 3 is 2.42 bits per heavy atom. The molecule has 1 aliphatic rings. The van der Waals surface area contributed by atoms with Gasteiger partial charge in [-0.2, -0.15) is 15.0 Å². The molecule has 1 fully saturated rings. The third-order valence-corrected chi connectivity index (χ3v) is 3.50. The zero-order chi connectivity index (χ0) is 13.3. The Morgan fingerprint density at radius 1 is 1.26 bits per heavy atom. The fourth-order valence-corrected chi connectivity index (χ4v) is 1.97. The van der Waals surface area contributed by atoms with E-state index in [1.165, 1.54) is 4.80 Å². The second-order valence-corrected chi connectivity index (χ2v) is 4.80. The molecule has 0 radical (unpaired) electrons. The average molecular weight is 257 g/mol. The number of amides is 1. The molecule has 1 aromatic heterocycles. The maximum absolute atomic E-state index is 12.0. The summed E-state index contributed by atoms with van der Waals surface area (Å²) < 4.78 is 0. The van der Waals surface area contributed by atoms with Crippen LogP contribution >= 0.6 is 0 Å². The number of rotatable bonds is 4. The quantitative estimate of drug-likeness (QED) is 0.853. The molecule has 98 valence electrons. The van der Waals surface area contributed by atoms with Gasteiger partial charge in [-0.1, -0.05) is 0 Å². The summed E-state index contributed by atoms with van der Waals surface area (Å²) in [6.07, 6.45) is 5.00. The Labute approximate surface area is 110 Å². The van der Waals surface area contributed by atoms with Crippen molar-refractivity contribution in [1.82, 2.24) is 15.0 Å². The third kappa shape index (κ3) is 2.22. The summed E-state index contributed by atoms with van der Waals surface area (Å²) in [5.74, 6) is 0.0139. The number of carbonyl (C=O) groups excluding carboxylic acids is 1. The van der Waals surface area contributed by atoms with Gasteiger partial charge in [0.2, 0.25) is 5.91 Å². The van der Waals surface area contributed by atoms with E-state index in [1.54, 1.807) is 12.4 Å². The summed E-state index contributed by atoms with van der Waals surface area (Å²) in [7, 11) is 0. The molecule has 19 heavy (non-hydrogen) atoms. The fourth-order valence-electron chi connectivity index (χ4n) is 1.97. The molecule has 0 saturated heterocycles. The van der Waals surface area contributed by atoms with Gasteiger partial charge in [-0.05, 0) is 37.1 Å². The van der Waals surface area contributed by atoms with Crippen molar-refractivity contribution in [2.45, 2.75) is 12.8 Å². The Kier molecular flexibility index (Phi) is 2.79. The van der Waals surface area contributed by atoms with Crippen LogP contribution in [0.2, 0.25) is 0 Å². The van der Waals surface area contributed by atoms with Crippen molar-refractivity contribution >= 4 is 11.6 Å². The maximum Gasteiger partial charge on any atom is 0.231 e. The lowest BCUT2D eigenvalue weighted by molar-refractivity contribution is -0.120. The van der Waals surface area contributed by atoms with Gasteiger partial charge in [-0.25, -0.2) is 0 Å². The smallest absolute Gasteiger partial charge is 0.231 e. The molecule has 0 aliphatic heterocycles. The van der Waals surface area contributed by atoms with Crippen LogP contribution in [0.1, 0.15) is 12.8 Å². The number of anilines is 1. The number of benzene rings is 1. The predicted octanol–water partition coefficient (Wildman–Crippen LogP) is 0.945. The van der Waals surface area contributed by atoms with E-state index in [4.69, 9.17) is 5.73 Å². The minimum Gasteiger partial charge on any atom is -0.329 e. The van der Waals surface area contributed by atoms with Crippen LogP contribution in [-0.4, -0.2) is 27.4 Å². The number of nitrogens with one attached hydrogen (secondary N) is 1. The summed E-state index contributed by atoms with van der Waals surface area (Å²) in [5.41, 5.74) is 6.91. The molecule has 0 spiro atoms. The zero-order valence-corrected chi connectivity index (χ0v) is 10.4. The van der Waals surface area contributed by atoms with Crippen molar-refractivity contribution in [3.05, 3.63) is 36.7 Å². The lowest BCUT2D eigenvalue weighted by Gasteiger charge is -2.12. The van der Waals surface area contributed by atoms with E-state index in [0.29, 0.717) is 6.54 Å². The van der Waals surface area contributed by atoms with Gasteiger partial charge < -0.3 is 11.1 Å². The van der Waals surface area contributed by atoms with E-state index < -0.39 is 0 Å². The molecule has 1 heterocycles. The number of nitrogens with zero attached hydrogens (tertiary/aromatic N) is 3. The first-order valence-corrected chi connectivity index (χ1v) is 6.22. The van der Waals surface area contributed by atoms with E-state index in [1.807, 2.05) is 24.3 Å². The molecule has 6 nitrogen and oxygen atoms in total. The zero-order valence-electron chi connectivity index (χ0n) is 10.4. The van der Waals surface area contributed by atoms with E-state index in [-0.39, 0.29) is 11.3 Å². The highest BCUT2D eigenvalue weighted by Gasteiger charge is 2.48. The van der Waals surface area contributed by atoms with Crippen LogP contribution in [0.3, 0.4) is 0 Å². The summed E-state index contributed by atoms with van der Waals surface area (Å²) >= 11 is 0. The molecular weight excluding hydrogens is 242 g/mol. The Hall–Kier alpha value is -2.21. The van der Waals surface area contributed by atoms with Crippen LogP contribution in [0.5, 0.6) is 0 Å². The molecule has 1 aromatic carbocycles.